The Morgan fingerprint density at radius 2 is 1.89 bits per heavy atom. The highest BCUT2D eigenvalue weighted by atomic mass is 35.5. The summed E-state index contributed by atoms with van der Waals surface area (Å²) in [4.78, 5) is 27.3. The van der Waals surface area contributed by atoms with Gasteiger partial charge in [-0.25, -0.2) is 4.98 Å². The smallest absolute Gasteiger partial charge is 0.295 e. The number of rotatable bonds is 4. The number of aryl methyl sites for hydroxylation is 1. The monoisotopic (exact) mass is 521 g/mol. The van der Waals surface area contributed by atoms with Crippen LogP contribution in [0.3, 0.4) is 0 Å². The fraction of sp³-hybridized carbons (Fsp3) is 0.519. The summed E-state index contributed by atoms with van der Waals surface area (Å²) < 4.78 is 7.67. The van der Waals surface area contributed by atoms with Crippen molar-refractivity contribution in [3.63, 3.8) is 0 Å². The Morgan fingerprint density at radius 1 is 1.11 bits per heavy atom. The fourth-order valence-corrected chi connectivity index (χ4v) is 6.56. The number of anilines is 4. The molecule has 7 rings (SSSR count). The molecule has 37 heavy (non-hydrogen) atoms. The van der Waals surface area contributed by atoms with E-state index >= 15 is 0 Å². The number of halogens is 1. The van der Waals surface area contributed by atoms with E-state index in [2.05, 4.69) is 38.5 Å². The van der Waals surface area contributed by atoms with Crippen LogP contribution in [0.2, 0.25) is 5.02 Å². The van der Waals surface area contributed by atoms with E-state index in [1.54, 1.807) is 17.8 Å². The molecule has 2 bridgehead atoms. The van der Waals surface area contributed by atoms with Gasteiger partial charge in [0.1, 0.15) is 5.02 Å². The summed E-state index contributed by atoms with van der Waals surface area (Å²) >= 11 is 6.57. The van der Waals surface area contributed by atoms with Crippen molar-refractivity contribution in [2.45, 2.75) is 50.2 Å². The van der Waals surface area contributed by atoms with Gasteiger partial charge in [-0.3, -0.25) is 4.79 Å². The van der Waals surface area contributed by atoms with Crippen LogP contribution in [0.15, 0.2) is 29.2 Å². The van der Waals surface area contributed by atoms with E-state index < -0.39 is 0 Å². The van der Waals surface area contributed by atoms with Crippen LogP contribution in [0.4, 0.5) is 23.1 Å². The molecule has 10 heteroatoms. The zero-order chi connectivity index (χ0) is 25.3. The van der Waals surface area contributed by atoms with Crippen molar-refractivity contribution in [1.82, 2.24) is 19.4 Å². The van der Waals surface area contributed by atoms with Gasteiger partial charge in [0.05, 0.1) is 24.0 Å². The van der Waals surface area contributed by atoms with Crippen LogP contribution in [0.1, 0.15) is 32.1 Å². The molecular weight excluding hydrogens is 490 g/mol. The maximum Gasteiger partial charge on any atom is 0.295 e. The third-order valence-corrected chi connectivity index (χ3v) is 8.72. The van der Waals surface area contributed by atoms with Crippen LogP contribution in [-0.4, -0.2) is 64.3 Å². The lowest BCUT2D eigenvalue weighted by Gasteiger charge is -2.39. The van der Waals surface area contributed by atoms with Crippen LogP contribution in [0.25, 0.3) is 10.9 Å². The normalized spacial score (nSPS) is 25.4. The largest absolute Gasteiger partial charge is 0.486 e. The van der Waals surface area contributed by atoms with Crippen molar-refractivity contribution >= 4 is 45.6 Å². The van der Waals surface area contributed by atoms with Gasteiger partial charge in [0.15, 0.2) is 5.82 Å². The van der Waals surface area contributed by atoms with Crippen LogP contribution >= 0.6 is 11.6 Å². The van der Waals surface area contributed by atoms with Crippen molar-refractivity contribution < 1.29 is 4.74 Å². The van der Waals surface area contributed by atoms with Gasteiger partial charge in [0.2, 0.25) is 11.7 Å². The highest BCUT2D eigenvalue weighted by Gasteiger charge is 2.40. The molecule has 3 aromatic rings. The molecule has 1 aromatic carbocycles. The zero-order valence-corrected chi connectivity index (χ0v) is 22.0. The van der Waals surface area contributed by atoms with Crippen molar-refractivity contribution in [1.29, 1.82) is 0 Å². The zero-order valence-electron chi connectivity index (χ0n) is 21.2. The van der Waals surface area contributed by atoms with Gasteiger partial charge < -0.3 is 29.7 Å². The molecule has 0 radical (unpaired) electrons. The summed E-state index contributed by atoms with van der Waals surface area (Å²) in [6.07, 6.45) is 7.37. The molecule has 3 aliphatic heterocycles. The van der Waals surface area contributed by atoms with Crippen molar-refractivity contribution in [3.05, 3.63) is 39.8 Å². The number of likely N-dealkylation sites (N-methyl/N-ethyl adjacent to an activating group) is 1. The number of hydrogen-bond donors (Lipinski definition) is 2. The molecule has 0 spiro atoms. The Morgan fingerprint density at radius 3 is 2.65 bits per heavy atom. The van der Waals surface area contributed by atoms with Gasteiger partial charge in [-0.15, -0.1) is 0 Å². The number of likely N-dealkylation sites (tertiary alicyclic amines) is 1. The van der Waals surface area contributed by atoms with Crippen molar-refractivity contribution in [2.24, 2.45) is 13.0 Å². The van der Waals surface area contributed by atoms with E-state index in [9.17, 15) is 4.79 Å². The maximum absolute atomic E-state index is 13.1. The lowest BCUT2D eigenvalue weighted by atomic mass is 10.1. The van der Waals surface area contributed by atoms with E-state index in [1.165, 1.54) is 12.8 Å². The number of piperazine rings is 1. The lowest BCUT2D eigenvalue weighted by Crippen LogP contribution is -2.53. The second kappa shape index (κ2) is 8.77. The third-order valence-electron chi connectivity index (χ3n) is 8.44. The molecule has 5 heterocycles. The average molecular weight is 522 g/mol. The Hall–Kier alpha value is -3.04. The molecule has 3 unspecified atom stereocenters. The minimum absolute atomic E-state index is 0.113. The first kappa shape index (κ1) is 23.1. The molecule has 2 saturated heterocycles. The summed E-state index contributed by atoms with van der Waals surface area (Å²) in [5, 5.41) is 8.52. The third kappa shape index (κ3) is 3.99. The van der Waals surface area contributed by atoms with E-state index in [-0.39, 0.29) is 5.56 Å². The van der Waals surface area contributed by atoms with Gasteiger partial charge >= 0.3 is 0 Å². The number of hydrogen-bond acceptors (Lipinski definition) is 8. The molecule has 0 amide bonds. The van der Waals surface area contributed by atoms with E-state index in [0.717, 1.165) is 60.6 Å². The first-order chi connectivity index (χ1) is 18.0. The quantitative estimate of drug-likeness (QED) is 0.533. The Labute approximate surface area is 220 Å². The summed E-state index contributed by atoms with van der Waals surface area (Å²) in [7, 11) is 3.98. The number of nitrogens with one attached hydrogen (secondary N) is 2. The summed E-state index contributed by atoms with van der Waals surface area (Å²) in [6.45, 7) is 2.60. The molecule has 4 aliphatic rings. The first-order valence-corrected chi connectivity index (χ1v) is 13.7. The van der Waals surface area contributed by atoms with E-state index in [1.807, 2.05) is 12.1 Å². The number of fused-ring (bicyclic) bond motifs is 5. The molecule has 1 aliphatic carbocycles. The fourth-order valence-electron chi connectivity index (χ4n) is 6.42. The average Bonchev–Trinajstić information content (AvgIpc) is 3.71. The van der Waals surface area contributed by atoms with Gasteiger partial charge in [-0.05, 0) is 56.8 Å². The molecule has 2 N–H and O–H groups in total. The van der Waals surface area contributed by atoms with Gasteiger partial charge in [-0.1, -0.05) is 11.6 Å². The van der Waals surface area contributed by atoms with Crippen molar-refractivity contribution in [3.8, 4) is 5.75 Å². The second-order valence-electron chi connectivity index (χ2n) is 11.0. The molecular formula is C27H32ClN7O2. The molecule has 194 valence electrons. The summed E-state index contributed by atoms with van der Waals surface area (Å²) in [5.41, 5.74) is 2.37. The molecule has 3 atom stereocenters. The highest BCUT2D eigenvalue weighted by molar-refractivity contribution is 6.33. The number of aromatic nitrogens is 3. The topological polar surface area (TPSA) is 87.5 Å². The predicted molar refractivity (Wildman–Crippen MR) is 147 cm³/mol. The minimum atomic E-state index is -0.113. The Bertz CT molecular complexity index is 1420. The number of pyridine rings is 1. The lowest BCUT2D eigenvalue weighted by molar-refractivity contribution is 0.262. The number of nitrogens with zero attached hydrogens (tertiary/aromatic N) is 5. The molecule has 3 fully saturated rings. The maximum atomic E-state index is 13.1. The van der Waals surface area contributed by atoms with E-state index in [4.69, 9.17) is 21.3 Å². The molecule has 1 saturated carbocycles. The van der Waals surface area contributed by atoms with Crippen molar-refractivity contribution in [2.75, 3.05) is 42.3 Å². The van der Waals surface area contributed by atoms with Gasteiger partial charge in [-0.2, -0.15) is 4.98 Å². The SMILES string of the molecule is CN1CC2CCC(C1)N2c1ncc(Cl)c(Nc2ccc3c(c2)c2c(c(=O)n3C)OCCC(C3CC3)N2)n1. The summed E-state index contributed by atoms with van der Waals surface area (Å²) in [6, 6.07) is 7.17. The summed E-state index contributed by atoms with van der Waals surface area (Å²) in [5.74, 6) is 2.37. The van der Waals surface area contributed by atoms with Crippen LogP contribution in [-0.2, 0) is 7.05 Å². The predicted octanol–water partition coefficient (Wildman–Crippen LogP) is 3.98. The number of ether oxygens (including phenoxy) is 1. The van der Waals surface area contributed by atoms with Gasteiger partial charge in [0.25, 0.3) is 5.56 Å². The Balaban J connectivity index is 1.25. The minimum Gasteiger partial charge on any atom is -0.486 e. The molecule has 2 aromatic heterocycles. The first-order valence-electron chi connectivity index (χ1n) is 13.3. The van der Waals surface area contributed by atoms with Crippen LogP contribution < -0.4 is 25.8 Å². The second-order valence-corrected chi connectivity index (χ2v) is 11.4. The molecule has 9 nitrogen and oxygen atoms in total. The standard InChI is InChI=1S/C27H32ClN7O2/c1-33-13-17-6-7-18(14-33)35(17)27-29-12-20(28)25(32-27)30-16-5-8-22-19(11-16)23-24(26(36)34(22)2)37-10-9-21(31-23)15-3-4-15/h5,8,11-12,15,17-18,21,31H,3-4,6-7,9-10,13-14H2,1-2H3,(H,29,30,32). The van der Waals surface area contributed by atoms with Gasteiger partial charge in [0, 0.05) is 55.8 Å². The number of benzene rings is 1. The highest BCUT2D eigenvalue weighted by Crippen LogP contribution is 2.41. The Kier molecular flexibility index (Phi) is 5.48. The van der Waals surface area contributed by atoms with E-state index in [0.29, 0.717) is 47.2 Å². The van der Waals surface area contributed by atoms with Crippen LogP contribution in [0, 0.1) is 5.92 Å². The van der Waals surface area contributed by atoms with Crippen LogP contribution in [0.5, 0.6) is 5.75 Å².